The minimum atomic E-state index is 1.28. The summed E-state index contributed by atoms with van der Waals surface area (Å²) in [6, 6.07) is 0. The van der Waals surface area contributed by atoms with Gasteiger partial charge in [0.2, 0.25) is 0 Å². The SMILES string of the molecule is CCCCN(C)CCCCCCCCC(C)=C1CC1. The van der Waals surface area contributed by atoms with Gasteiger partial charge in [-0.1, -0.05) is 50.2 Å². The molecular formula is C18H35N. The number of unbranched alkanes of at least 4 members (excludes halogenated alkanes) is 6. The van der Waals surface area contributed by atoms with Crippen molar-refractivity contribution in [3.05, 3.63) is 11.1 Å². The van der Waals surface area contributed by atoms with E-state index in [1.54, 1.807) is 11.1 Å². The fraction of sp³-hybridized carbons (Fsp3) is 0.889. The third-order valence-electron chi connectivity index (χ3n) is 4.34. The Hall–Kier alpha value is -0.300. The second-order valence-electron chi connectivity index (χ2n) is 6.41. The zero-order valence-electron chi connectivity index (χ0n) is 13.6. The van der Waals surface area contributed by atoms with E-state index in [-0.39, 0.29) is 0 Å². The molecule has 0 spiro atoms. The van der Waals surface area contributed by atoms with E-state index in [1.165, 1.54) is 83.7 Å². The van der Waals surface area contributed by atoms with Gasteiger partial charge in [0.25, 0.3) is 0 Å². The lowest BCUT2D eigenvalue weighted by molar-refractivity contribution is 0.318. The lowest BCUT2D eigenvalue weighted by Crippen LogP contribution is -2.20. The van der Waals surface area contributed by atoms with Crippen molar-refractivity contribution in [2.24, 2.45) is 0 Å². The summed E-state index contributed by atoms with van der Waals surface area (Å²) in [7, 11) is 2.27. The van der Waals surface area contributed by atoms with Gasteiger partial charge in [0.15, 0.2) is 0 Å². The third kappa shape index (κ3) is 9.27. The van der Waals surface area contributed by atoms with Crippen LogP contribution in [-0.2, 0) is 0 Å². The molecule has 0 radical (unpaired) electrons. The Morgan fingerprint density at radius 2 is 1.47 bits per heavy atom. The zero-order valence-corrected chi connectivity index (χ0v) is 13.6. The smallest absolute Gasteiger partial charge is 0.00218 e. The maximum atomic E-state index is 2.49. The van der Waals surface area contributed by atoms with Crippen LogP contribution in [0.2, 0.25) is 0 Å². The van der Waals surface area contributed by atoms with Crippen LogP contribution in [0.25, 0.3) is 0 Å². The second kappa shape index (κ2) is 10.5. The van der Waals surface area contributed by atoms with Crippen LogP contribution in [0.3, 0.4) is 0 Å². The number of rotatable bonds is 12. The number of hydrogen-bond donors (Lipinski definition) is 0. The van der Waals surface area contributed by atoms with Crippen molar-refractivity contribution in [3.63, 3.8) is 0 Å². The lowest BCUT2D eigenvalue weighted by atomic mass is 10.1. The van der Waals surface area contributed by atoms with Crippen LogP contribution in [-0.4, -0.2) is 25.0 Å². The first kappa shape index (κ1) is 16.8. The summed E-state index contributed by atoms with van der Waals surface area (Å²) < 4.78 is 0. The Bertz CT molecular complexity index is 248. The largest absolute Gasteiger partial charge is 0.306 e. The van der Waals surface area contributed by atoms with Crippen molar-refractivity contribution in [1.82, 2.24) is 4.90 Å². The Balaban J connectivity index is 1.79. The van der Waals surface area contributed by atoms with E-state index in [1.807, 2.05) is 0 Å². The molecule has 0 unspecified atom stereocenters. The molecule has 0 amide bonds. The zero-order chi connectivity index (χ0) is 13.9. The van der Waals surface area contributed by atoms with E-state index in [2.05, 4.69) is 25.8 Å². The van der Waals surface area contributed by atoms with Gasteiger partial charge in [-0.2, -0.15) is 0 Å². The Morgan fingerprint density at radius 3 is 2.11 bits per heavy atom. The molecule has 0 heterocycles. The van der Waals surface area contributed by atoms with E-state index in [0.717, 1.165) is 0 Å². The molecule has 0 saturated heterocycles. The molecule has 0 bridgehead atoms. The highest BCUT2D eigenvalue weighted by molar-refractivity contribution is 5.23. The molecule has 1 aliphatic carbocycles. The maximum Gasteiger partial charge on any atom is -0.00218 e. The number of nitrogens with zero attached hydrogens (tertiary/aromatic N) is 1. The summed E-state index contributed by atoms with van der Waals surface area (Å²) in [5.41, 5.74) is 3.47. The molecule has 1 heteroatoms. The summed E-state index contributed by atoms with van der Waals surface area (Å²) in [5, 5.41) is 0. The fourth-order valence-corrected chi connectivity index (χ4v) is 2.68. The molecule has 0 aromatic rings. The second-order valence-corrected chi connectivity index (χ2v) is 6.41. The van der Waals surface area contributed by atoms with Crippen molar-refractivity contribution in [1.29, 1.82) is 0 Å². The summed E-state index contributed by atoms with van der Waals surface area (Å²) in [4.78, 5) is 2.49. The average molecular weight is 265 g/mol. The van der Waals surface area contributed by atoms with Crippen molar-refractivity contribution in [3.8, 4) is 0 Å². The van der Waals surface area contributed by atoms with Crippen LogP contribution < -0.4 is 0 Å². The molecule has 1 rings (SSSR count). The highest BCUT2D eigenvalue weighted by Crippen LogP contribution is 2.33. The molecule has 0 aromatic heterocycles. The highest BCUT2D eigenvalue weighted by atomic mass is 15.1. The number of hydrogen-bond acceptors (Lipinski definition) is 1. The minimum absolute atomic E-state index is 1.28. The molecule has 1 saturated carbocycles. The van der Waals surface area contributed by atoms with Gasteiger partial charge in [-0.3, -0.25) is 0 Å². The summed E-state index contributed by atoms with van der Waals surface area (Å²) in [6.07, 6.45) is 15.4. The van der Waals surface area contributed by atoms with Crippen LogP contribution in [0, 0.1) is 0 Å². The molecule has 0 atom stereocenters. The van der Waals surface area contributed by atoms with Gasteiger partial charge in [0, 0.05) is 0 Å². The molecule has 0 N–H and O–H groups in total. The van der Waals surface area contributed by atoms with Crippen LogP contribution >= 0.6 is 0 Å². The molecule has 1 nitrogen and oxygen atoms in total. The van der Waals surface area contributed by atoms with E-state index in [4.69, 9.17) is 0 Å². The van der Waals surface area contributed by atoms with E-state index in [0.29, 0.717) is 0 Å². The molecule has 19 heavy (non-hydrogen) atoms. The molecular weight excluding hydrogens is 230 g/mol. The summed E-state index contributed by atoms with van der Waals surface area (Å²) >= 11 is 0. The summed E-state index contributed by atoms with van der Waals surface area (Å²) in [5.74, 6) is 0. The molecule has 0 aliphatic heterocycles. The van der Waals surface area contributed by atoms with Crippen molar-refractivity contribution in [2.45, 2.75) is 84.5 Å². The molecule has 0 aromatic carbocycles. The van der Waals surface area contributed by atoms with Gasteiger partial charge < -0.3 is 4.90 Å². The van der Waals surface area contributed by atoms with Crippen molar-refractivity contribution in [2.75, 3.05) is 20.1 Å². The fourth-order valence-electron chi connectivity index (χ4n) is 2.68. The molecule has 1 aliphatic rings. The Morgan fingerprint density at radius 1 is 0.895 bits per heavy atom. The van der Waals surface area contributed by atoms with E-state index < -0.39 is 0 Å². The van der Waals surface area contributed by atoms with E-state index >= 15 is 0 Å². The third-order valence-corrected chi connectivity index (χ3v) is 4.34. The minimum Gasteiger partial charge on any atom is -0.306 e. The normalized spacial score (nSPS) is 14.2. The van der Waals surface area contributed by atoms with Gasteiger partial charge in [-0.05, 0) is 65.6 Å². The quantitative estimate of drug-likeness (QED) is 0.330. The van der Waals surface area contributed by atoms with Crippen molar-refractivity contribution < 1.29 is 0 Å². The van der Waals surface area contributed by atoms with Gasteiger partial charge in [-0.15, -0.1) is 0 Å². The van der Waals surface area contributed by atoms with Crippen LogP contribution in [0.1, 0.15) is 84.5 Å². The van der Waals surface area contributed by atoms with Crippen LogP contribution in [0.4, 0.5) is 0 Å². The van der Waals surface area contributed by atoms with E-state index in [9.17, 15) is 0 Å². The first-order valence-electron chi connectivity index (χ1n) is 8.60. The topological polar surface area (TPSA) is 3.24 Å². The Kier molecular flexibility index (Phi) is 9.24. The monoisotopic (exact) mass is 265 g/mol. The Labute approximate surface area is 121 Å². The number of allylic oxidation sites excluding steroid dienone is 2. The predicted molar refractivity (Wildman–Crippen MR) is 86.7 cm³/mol. The van der Waals surface area contributed by atoms with Crippen LogP contribution in [0.5, 0.6) is 0 Å². The van der Waals surface area contributed by atoms with Crippen LogP contribution in [0.15, 0.2) is 11.1 Å². The highest BCUT2D eigenvalue weighted by Gasteiger charge is 2.13. The maximum absolute atomic E-state index is 2.49. The van der Waals surface area contributed by atoms with Gasteiger partial charge >= 0.3 is 0 Å². The average Bonchev–Trinajstić information content (AvgIpc) is 3.23. The standard InChI is InChI=1S/C18H35N/c1-4-5-15-19(3)16-11-9-7-6-8-10-12-17(2)18-13-14-18/h4-16H2,1-3H3. The first-order valence-corrected chi connectivity index (χ1v) is 8.60. The van der Waals surface area contributed by atoms with Gasteiger partial charge in [-0.25, -0.2) is 0 Å². The lowest BCUT2D eigenvalue weighted by Gasteiger charge is -2.15. The summed E-state index contributed by atoms with van der Waals surface area (Å²) in [6.45, 7) is 7.19. The predicted octanol–water partition coefficient (Wildman–Crippen LogP) is 5.56. The van der Waals surface area contributed by atoms with Gasteiger partial charge in [0.05, 0.1) is 0 Å². The molecule has 1 fully saturated rings. The van der Waals surface area contributed by atoms with Crippen molar-refractivity contribution >= 4 is 0 Å². The molecule has 112 valence electrons. The van der Waals surface area contributed by atoms with Gasteiger partial charge in [0.1, 0.15) is 0 Å². The first-order chi connectivity index (χ1) is 9.24.